The maximum atomic E-state index is 13.7. The van der Waals surface area contributed by atoms with Crippen LogP contribution in [0.25, 0.3) is 11.6 Å². The quantitative estimate of drug-likeness (QED) is 0.504. The lowest BCUT2D eigenvalue weighted by atomic mass is 9.82. The molecule has 172 valence electrons. The van der Waals surface area contributed by atoms with Gasteiger partial charge in [-0.15, -0.1) is 10.2 Å². The Balaban J connectivity index is 2.18. The van der Waals surface area contributed by atoms with E-state index in [2.05, 4.69) is 20.5 Å². The fraction of sp³-hybridized carbons (Fsp3) is 0.611. The highest BCUT2D eigenvalue weighted by Crippen LogP contribution is 2.45. The maximum Gasteiger partial charge on any atom is 0.426 e. The van der Waals surface area contributed by atoms with E-state index in [0.717, 1.165) is 0 Å². The summed E-state index contributed by atoms with van der Waals surface area (Å²) in [5.41, 5.74) is -0.357. The lowest BCUT2D eigenvalue weighted by Crippen LogP contribution is -2.42. The molecule has 3 rings (SSSR count). The monoisotopic (exact) mass is 453 g/mol. The summed E-state index contributed by atoms with van der Waals surface area (Å²) in [6.07, 6.45) is -10.1. The Morgan fingerprint density at radius 3 is 2.39 bits per heavy atom. The molecule has 1 aliphatic heterocycles. The first-order valence-electron chi connectivity index (χ1n) is 9.39. The van der Waals surface area contributed by atoms with Crippen LogP contribution in [-0.4, -0.2) is 33.0 Å². The fourth-order valence-electron chi connectivity index (χ4n) is 3.37. The number of aromatic nitrogens is 3. The summed E-state index contributed by atoms with van der Waals surface area (Å²) in [5.74, 6) is -2.32. The Labute approximate surface area is 173 Å². The Morgan fingerprint density at radius 1 is 1.10 bits per heavy atom. The van der Waals surface area contributed by atoms with Crippen molar-refractivity contribution in [1.29, 1.82) is 0 Å². The fourth-order valence-corrected chi connectivity index (χ4v) is 3.37. The molecular weight excluding hydrogens is 432 g/mol. The van der Waals surface area contributed by atoms with Gasteiger partial charge in [0.2, 0.25) is 5.60 Å². The number of rotatable bonds is 0. The number of hydrogen-bond acceptors (Lipinski definition) is 7. The third kappa shape index (κ3) is 4.55. The van der Waals surface area contributed by atoms with Gasteiger partial charge in [-0.2, -0.15) is 26.3 Å². The van der Waals surface area contributed by atoms with Crippen molar-refractivity contribution in [2.45, 2.75) is 57.5 Å². The van der Waals surface area contributed by atoms with E-state index >= 15 is 0 Å². The summed E-state index contributed by atoms with van der Waals surface area (Å²) >= 11 is 0. The highest BCUT2D eigenvalue weighted by molar-refractivity contribution is 5.71. The molecule has 0 saturated carbocycles. The second kappa shape index (κ2) is 7.53. The first kappa shape index (κ1) is 23.1. The molecule has 1 atom stereocenters. The first-order chi connectivity index (χ1) is 14.1. The smallest absolute Gasteiger partial charge is 0.416 e. The van der Waals surface area contributed by atoms with E-state index in [1.165, 1.54) is 0 Å². The average molecular weight is 453 g/mol. The van der Waals surface area contributed by atoms with Crippen molar-refractivity contribution in [1.82, 2.24) is 15.2 Å². The second-order valence-electron chi connectivity index (χ2n) is 8.29. The largest absolute Gasteiger partial charge is 0.426 e. The van der Waals surface area contributed by atoms with Crippen molar-refractivity contribution < 1.29 is 35.9 Å². The van der Waals surface area contributed by atoms with Crippen molar-refractivity contribution >= 4 is 11.5 Å². The minimum Gasteiger partial charge on any atom is -0.416 e. The highest BCUT2D eigenvalue weighted by atomic mass is 19.4. The van der Waals surface area contributed by atoms with Crippen LogP contribution in [0.4, 0.5) is 37.8 Å². The van der Waals surface area contributed by atoms with Gasteiger partial charge < -0.3 is 20.6 Å². The molecule has 0 saturated heterocycles. The van der Waals surface area contributed by atoms with E-state index in [1.807, 2.05) is 0 Å². The van der Waals surface area contributed by atoms with Crippen molar-refractivity contribution in [2.24, 2.45) is 5.41 Å². The van der Waals surface area contributed by atoms with Gasteiger partial charge in [0.1, 0.15) is 5.82 Å². The van der Waals surface area contributed by atoms with Crippen molar-refractivity contribution in [3.63, 3.8) is 0 Å². The molecule has 31 heavy (non-hydrogen) atoms. The SMILES string of the molecule is CC1(C)CCCC(O)(C(F)(F)F)c2nnc(o2)-c2nc(c(C(F)(F)F)cc2N)NCC1. The van der Waals surface area contributed by atoms with Crippen LogP contribution in [0.3, 0.4) is 0 Å². The third-order valence-corrected chi connectivity index (χ3v) is 5.29. The van der Waals surface area contributed by atoms with Crippen molar-refractivity contribution in [2.75, 3.05) is 17.6 Å². The van der Waals surface area contributed by atoms with E-state index in [1.54, 1.807) is 13.8 Å². The van der Waals surface area contributed by atoms with Crippen LogP contribution in [0.1, 0.15) is 51.0 Å². The molecule has 7 nitrogen and oxygen atoms in total. The zero-order chi connectivity index (χ0) is 23.2. The predicted molar refractivity (Wildman–Crippen MR) is 97.6 cm³/mol. The molecule has 13 heteroatoms. The molecule has 1 aliphatic rings. The van der Waals surface area contributed by atoms with Crippen LogP contribution in [0, 0.1) is 5.41 Å². The van der Waals surface area contributed by atoms with Gasteiger partial charge in [0.05, 0.1) is 11.3 Å². The molecule has 2 aromatic heterocycles. The van der Waals surface area contributed by atoms with Crippen LogP contribution in [0.15, 0.2) is 10.5 Å². The summed E-state index contributed by atoms with van der Waals surface area (Å²) in [4.78, 5) is 3.81. The number of alkyl halides is 6. The van der Waals surface area contributed by atoms with Crippen LogP contribution in [-0.2, 0) is 11.8 Å². The molecule has 4 bridgehead atoms. The summed E-state index contributed by atoms with van der Waals surface area (Å²) < 4.78 is 86.4. The van der Waals surface area contributed by atoms with Gasteiger partial charge in [-0.25, -0.2) is 4.98 Å². The van der Waals surface area contributed by atoms with Gasteiger partial charge in [-0.1, -0.05) is 13.8 Å². The molecule has 0 amide bonds. The van der Waals surface area contributed by atoms with E-state index in [9.17, 15) is 31.4 Å². The van der Waals surface area contributed by atoms with E-state index in [0.29, 0.717) is 12.5 Å². The lowest BCUT2D eigenvalue weighted by molar-refractivity contribution is -0.277. The minimum absolute atomic E-state index is 0.0415. The minimum atomic E-state index is -5.12. The summed E-state index contributed by atoms with van der Waals surface area (Å²) in [5, 5.41) is 19.8. The van der Waals surface area contributed by atoms with Gasteiger partial charge in [-0.3, -0.25) is 0 Å². The predicted octanol–water partition coefficient (Wildman–Crippen LogP) is 4.49. The maximum absolute atomic E-state index is 13.7. The van der Waals surface area contributed by atoms with Gasteiger partial charge in [-0.05, 0) is 37.2 Å². The molecule has 1 unspecified atom stereocenters. The van der Waals surface area contributed by atoms with E-state index in [-0.39, 0.29) is 19.4 Å². The molecule has 0 aliphatic carbocycles. The van der Waals surface area contributed by atoms with Crippen molar-refractivity contribution in [3.8, 4) is 11.6 Å². The van der Waals surface area contributed by atoms with Gasteiger partial charge in [0, 0.05) is 6.54 Å². The Kier molecular flexibility index (Phi) is 5.61. The number of aliphatic hydroxyl groups is 1. The first-order valence-corrected chi connectivity index (χ1v) is 9.39. The number of halogens is 6. The molecule has 0 aromatic carbocycles. The second-order valence-corrected chi connectivity index (χ2v) is 8.29. The summed E-state index contributed by atoms with van der Waals surface area (Å²) in [6.45, 7) is 3.61. The van der Waals surface area contributed by atoms with Crippen molar-refractivity contribution in [3.05, 3.63) is 17.5 Å². The Bertz CT molecular complexity index is 956. The highest BCUT2D eigenvalue weighted by Gasteiger charge is 2.58. The van der Waals surface area contributed by atoms with Crippen LogP contribution in [0.2, 0.25) is 0 Å². The molecule has 0 fully saturated rings. The standard InChI is InChI=1S/C18H21F6N5O2/c1-15(2)4-3-5-16(30,18(22,23)24)14-29-28-13(31-14)11-10(25)8-9(17(19,20)21)12(27-11)26-7-6-15/h8,30H,3-7,25H2,1-2H3,(H,26,27). The third-order valence-electron chi connectivity index (χ3n) is 5.29. The zero-order valence-corrected chi connectivity index (χ0v) is 16.7. The molecule has 2 aromatic rings. The summed E-state index contributed by atoms with van der Waals surface area (Å²) in [7, 11) is 0. The summed E-state index contributed by atoms with van der Waals surface area (Å²) in [6, 6.07) is 0.599. The number of pyridine rings is 1. The van der Waals surface area contributed by atoms with Gasteiger partial charge in [0.15, 0.2) is 5.69 Å². The van der Waals surface area contributed by atoms with Crippen LogP contribution in [0.5, 0.6) is 0 Å². The molecule has 0 radical (unpaired) electrons. The molecule has 0 spiro atoms. The number of nitrogens with one attached hydrogen (secondary N) is 1. The molecule has 3 heterocycles. The van der Waals surface area contributed by atoms with E-state index in [4.69, 9.17) is 10.2 Å². The Hall–Kier alpha value is -2.57. The number of hydrogen-bond donors (Lipinski definition) is 3. The number of nitrogens with two attached hydrogens (primary N) is 1. The zero-order valence-electron chi connectivity index (χ0n) is 16.7. The number of anilines is 2. The number of nitrogen functional groups attached to an aromatic ring is 1. The van der Waals surface area contributed by atoms with E-state index < -0.39 is 64.3 Å². The Morgan fingerprint density at radius 2 is 1.77 bits per heavy atom. The normalized spacial score (nSPS) is 22.5. The lowest BCUT2D eigenvalue weighted by Gasteiger charge is -2.30. The van der Waals surface area contributed by atoms with Gasteiger partial charge >= 0.3 is 12.4 Å². The topological polar surface area (TPSA) is 110 Å². The van der Waals surface area contributed by atoms with Crippen LogP contribution >= 0.6 is 0 Å². The molecule has 4 N–H and O–H groups in total. The number of fused-ring (bicyclic) bond motifs is 5. The average Bonchev–Trinajstić information content (AvgIpc) is 3.10. The number of nitrogens with zero attached hydrogens (tertiary/aromatic N) is 3. The van der Waals surface area contributed by atoms with Gasteiger partial charge in [0.25, 0.3) is 11.8 Å². The molecular formula is C18H21F6N5O2. The van der Waals surface area contributed by atoms with Crippen LogP contribution < -0.4 is 11.1 Å².